The van der Waals surface area contributed by atoms with E-state index in [0.29, 0.717) is 5.92 Å². The summed E-state index contributed by atoms with van der Waals surface area (Å²) in [4.78, 5) is 1.24. The number of hydrogen-bond acceptors (Lipinski definition) is 2. The maximum atomic E-state index is 5.88. The lowest BCUT2D eigenvalue weighted by atomic mass is 10.0. The lowest BCUT2D eigenvalue weighted by Crippen LogP contribution is -2.05. The van der Waals surface area contributed by atoms with Crippen LogP contribution in [0.3, 0.4) is 0 Å². The Bertz CT molecular complexity index is 1020. The van der Waals surface area contributed by atoms with Crippen molar-refractivity contribution in [2.75, 3.05) is 0 Å². The topological polar surface area (TPSA) is 4.93 Å². The van der Waals surface area contributed by atoms with E-state index in [-0.39, 0.29) is 0 Å². The van der Waals surface area contributed by atoms with Gasteiger partial charge in [-0.15, -0.1) is 0 Å². The Morgan fingerprint density at radius 3 is 1.92 bits per heavy atom. The summed E-state index contributed by atoms with van der Waals surface area (Å²) in [5.74, 6) is 0.477. The third-order valence-electron chi connectivity index (χ3n) is 4.50. The first-order valence-corrected chi connectivity index (χ1v) is 9.68. The Morgan fingerprint density at radius 1 is 0.800 bits per heavy atom. The molecule has 0 fully saturated rings. The predicted octanol–water partition coefficient (Wildman–Crippen LogP) is 6.84. The highest BCUT2D eigenvalue weighted by molar-refractivity contribution is 8.23. The lowest BCUT2D eigenvalue weighted by Gasteiger charge is -2.14. The fourth-order valence-electron chi connectivity index (χ4n) is 3.31. The molecule has 1 nitrogen and oxygen atoms in total. The van der Waals surface area contributed by atoms with Crippen molar-refractivity contribution >= 4 is 50.1 Å². The molecule has 124 valence electrons. The van der Waals surface area contributed by atoms with Crippen LogP contribution >= 0.6 is 24.0 Å². The molecule has 0 aliphatic heterocycles. The highest BCUT2D eigenvalue weighted by Gasteiger charge is 2.15. The van der Waals surface area contributed by atoms with Crippen LogP contribution in [0, 0.1) is 0 Å². The third kappa shape index (κ3) is 2.88. The zero-order valence-electron chi connectivity index (χ0n) is 14.3. The van der Waals surface area contributed by atoms with Gasteiger partial charge in [-0.1, -0.05) is 92.4 Å². The predicted molar refractivity (Wildman–Crippen MR) is 114 cm³/mol. The van der Waals surface area contributed by atoms with Gasteiger partial charge in [0.15, 0.2) is 0 Å². The van der Waals surface area contributed by atoms with Gasteiger partial charge in [-0.3, -0.25) is 4.57 Å². The van der Waals surface area contributed by atoms with Crippen LogP contribution in [0.25, 0.3) is 21.8 Å². The van der Waals surface area contributed by atoms with Crippen LogP contribution in [-0.4, -0.2) is 8.89 Å². The van der Waals surface area contributed by atoms with E-state index in [2.05, 4.69) is 91.2 Å². The maximum Gasteiger partial charge on any atom is 0.150 e. The van der Waals surface area contributed by atoms with Crippen molar-refractivity contribution in [2.24, 2.45) is 0 Å². The van der Waals surface area contributed by atoms with Crippen LogP contribution in [0.5, 0.6) is 0 Å². The van der Waals surface area contributed by atoms with E-state index in [1.165, 1.54) is 32.3 Å². The molecule has 0 saturated carbocycles. The Balaban J connectivity index is 1.86. The van der Waals surface area contributed by atoms with Crippen LogP contribution in [0.15, 0.2) is 77.7 Å². The average Bonchev–Trinajstić information content (AvgIpc) is 2.96. The first-order valence-electron chi connectivity index (χ1n) is 8.46. The second-order valence-electron chi connectivity index (χ2n) is 6.43. The number of benzene rings is 3. The largest absolute Gasteiger partial charge is 0.294 e. The molecule has 3 aromatic carbocycles. The molecule has 0 saturated heterocycles. The molecule has 0 aliphatic rings. The minimum Gasteiger partial charge on any atom is -0.294 e. The standard InChI is InChI=1S/C22H19NS2/c1-15(2)16-9-5-8-14-21(16)25-22(24)23-19-12-6-3-10-17(19)18-11-4-7-13-20(18)23/h3-15H,1-2H3. The summed E-state index contributed by atoms with van der Waals surface area (Å²) in [5.41, 5.74) is 3.68. The second kappa shape index (κ2) is 6.66. The van der Waals surface area contributed by atoms with E-state index in [4.69, 9.17) is 12.2 Å². The quantitative estimate of drug-likeness (QED) is 0.284. The SMILES string of the molecule is CC(C)c1ccccc1SC(=S)n1c2ccccc2c2ccccc21. The summed E-state index contributed by atoms with van der Waals surface area (Å²) < 4.78 is 3.08. The van der Waals surface area contributed by atoms with Gasteiger partial charge in [0, 0.05) is 15.7 Å². The smallest absolute Gasteiger partial charge is 0.150 e. The summed E-state index contributed by atoms with van der Waals surface area (Å²) in [6.07, 6.45) is 0. The maximum absolute atomic E-state index is 5.88. The van der Waals surface area contributed by atoms with Crippen molar-refractivity contribution in [1.29, 1.82) is 0 Å². The molecule has 0 radical (unpaired) electrons. The minimum absolute atomic E-state index is 0.477. The van der Waals surface area contributed by atoms with Gasteiger partial charge in [0.25, 0.3) is 0 Å². The molecular formula is C22H19NS2. The molecule has 0 spiro atoms. The van der Waals surface area contributed by atoms with Gasteiger partial charge in [-0.2, -0.15) is 0 Å². The molecule has 1 aromatic heterocycles. The van der Waals surface area contributed by atoms with Gasteiger partial charge in [0.05, 0.1) is 11.0 Å². The van der Waals surface area contributed by atoms with Crippen LogP contribution < -0.4 is 0 Å². The van der Waals surface area contributed by atoms with Crippen molar-refractivity contribution in [3.8, 4) is 0 Å². The highest BCUT2D eigenvalue weighted by Crippen LogP contribution is 2.34. The monoisotopic (exact) mass is 361 g/mol. The van der Waals surface area contributed by atoms with Crippen molar-refractivity contribution in [3.63, 3.8) is 0 Å². The van der Waals surface area contributed by atoms with E-state index >= 15 is 0 Å². The molecule has 25 heavy (non-hydrogen) atoms. The van der Waals surface area contributed by atoms with E-state index in [1.807, 2.05) is 0 Å². The fraction of sp³-hybridized carbons (Fsp3) is 0.136. The molecule has 0 N–H and O–H groups in total. The summed E-state index contributed by atoms with van der Waals surface area (Å²) >= 11 is 7.56. The molecule has 1 heterocycles. The minimum atomic E-state index is 0.477. The number of hydrogen-bond donors (Lipinski definition) is 0. The molecule has 3 heteroatoms. The Morgan fingerprint density at radius 2 is 1.32 bits per heavy atom. The zero-order chi connectivity index (χ0) is 17.4. The van der Waals surface area contributed by atoms with E-state index in [9.17, 15) is 0 Å². The van der Waals surface area contributed by atoms with Crippen molar-refractivity contribution in [2.45, 2.75) is 24.7 Å². The van der Waals surface area contributed by atoms with Gasteiger partial charge in [-0.05, 0) is 29.7 Å². The Kier molecular flexibility index (Phi) is 4.36. The highest BCUT2D eigenvalue weighted by atomic mass is 32.2. The van der Waals surface area contributed by atoms with Crippen LogP contribution in [0.1, 0.15) is 25.3 Å². The summed E-state index contributed by atoms with van der Waals surface area (Å²) in [7, 11) is 0. The van der Waals surface area contributed by atoms with Crippen molar-refractivity contribution < 1.29 is 0 Å². The molecule has 0 amide bonds. The van der Waals surface area contributed by atoms with Gasteiger partial charge in [0.2, 0.25) is 0 Å². The number of thioether (sulfide) groups is 1. The molecule has 0 unspecified atom stereocenters. The number of rotatable bonds is 2. The van der Waals surface area contributed by atoms with Crippen LogP contribution in [-0.2, 0) is 0 Å². The molecule has 0 aliphatic carbocycles. The number of nitrogens with zero attached hydrogens (tertiary/aromatic N) is 1. The normalized spacial score (nSPS) is 11.5. The molecule has 4 rings (SSSR count). The summed E-state index contributed by atoms with van der Waals surface area (Å²) in [5, 5.41) is 2.50. The number of aromatic nitrogens is 1. The lowest BCUT2D eigenvalue weighted by molar-refractivity contribution is 0.843. The van der Waals surface area contributed by atoms with Gasteiger partial charge < -0.3 is 0 Å². The fourth-order valence-corrected chi connectivity index (χ4v) is 4.82. The summed E-state index contributed by atoms with van der Waals surface area (Å²) in [6, 6.07) is 25.5. The van der Waals surface area contributed by atoms with Crippen LogP contribution in [0.2, 0.25) is 0 Å². The Hall–Kier alpha value is -2.10. The molecular weight excluding hydrogens is 342 g/mol. The van der Waals surface area contributed by atoms with Crippen molar-refractivity contribution in [1.82, 2.24) is 4.57 Å². The first-order chi connectivity index (χ1) is 12.2. The third-order valence-corrected chi connectivity index (χ3v) is 5.88. The van der Waals surface area contributed by atoms with E-state index in [0.717, 1.165) is 4.32 Å². The van der Waals surface area contributed by atoms with E-state index in [1.54, 1.807) is 11.8 Å². The second-order valence-corrected chi connectivity index (χ2v) is 8.11. The van der Waals surface area contributed by atoms with Crippen LogP contribution in [0.4, 0.5) is 0 Å². The van der Waals surface area contributed by atoms with Gasteiger partial charge in [0.1, 0.15) is 4.32 Å². The van der Waals surface area contributed by atoms with Gasteiger partial charge >= 0.3 is 0 Å². The number of fused-ring (bicyclic) bond motifs is 3. The van der Waals surface area contributed by atoms with Gasteiger partial charge in [-0.25, -0.2) is 0 Å². The number of para-hydroxylation sites is 2. The Labute approximate surface area is 157 Å². The average molecular weight is 362 g/mol. The molecule has 0 atom stereocenters. The molecule has 4 aromatic rings. The summed E-state index contributed by atoms with van der Waals surface area (Å²) in [6.45, 7) is 4.45. The van der Waals surface area contributed by atoms with Crippen molar-refractivity contribution in [3.05, 3.63) is 78.4 Å². The number of thiocarbonyl (C=S) groups is 1. The first kappa shape index (κ1) is 16.4. The molecule has 0 bridgehead atoms. The van der Waals surface area contributed by atoms with E-state index < -0.39 is 0 Å². The zero-order valence-corrected chi connectivity index (χ0v) is 15.9.